The molecule has 1 aliphatic heterocycles. The van der Waals surface area contributed by atoms with Crippen molar-refractivity contribution in [2.75, 3.05) is 23.9 Å². The maximum atomic E-state index is 12.2. The predicted molar refractivity (Wildman–Crippen MR) is 110 cm³/mol. The summed E-state index contributed by atoms with van der Waals surface area (Å²) in [6.45, 7) is 0. The Bertz CT molecular complexity index is 812. The third-order valence-electron chi connectivity index (χ3n) is 3.81. The molecule has 0 aromatic heterocycles. The van der Waals surface area contributed by atoms with Crippen LogP contribution in [0.3, 0.4) is 0 Å². The van der Waals surface area contributed by atoms with Crippen molar-refractivity contribution in [3.05, 3.63) is 71.3 Å². The summed E-state index contributed by atoms with van der Waals surface area (Å²) >= 11 is 3.88. The highest BCUT2D eigenvalue weighted by Gasteiger charge is 2.18. The molecule has 3 rings (SSSR count). The number of anilines is 1. The van der Waals surface area contributed by atoms with E-state index in [1.165, 1.54) is 30.3 Å². The molecule has 6 heteroatoms. The molecule has 0 unspecified atom stereocenters. The zero-order chi connectivity index (χ0) is 18.4. The lowest BCUT2D eigenvalue weighted by Crippen LogP contribution is -2.08. The molecule has 1 N–H and O–H groups in total. The first-order valence-electron chi connectivity index (χ1n) is 8.16. The molecule has 0 radical (unpaired) electrons. The Morgan fingerprint density at radius 3 is 2.54 bits per heavy atom. The summed E-state index contributed by atoms with van der Waals surface area (Å²) in [4.78, 5) is 23.6. The average Bonchev–Trinajstić information content (AvgIpc) is 3.21. The lowest BCUT2D eigenvalue weighted by molar-refractivity contribution is -0.111. The van der Waals surface area contributed by atoms with Crippen LogP contribution in [0.5, 0.6) is 0 Å². The molecule has 2 aromatic carbocycles. The molecule has 1 aliphatic rings. The number of rotatable bonds is 5. The second-order valence-electron chi connectivity index (χ2n) is 5.64. The molecule has 26 heavy (non-hydrogen) atoms. The van der Waals surface area contributed by atoms with E-state index in [2.05, 4.69) is 16.1 Å². The second-order valence-corrected chi connectivity index (χ2v) is 8.36. The van der Waals surface area contributed by atoms with Crippen LogP contribution in [0, 0.1) is 0 Å². The van der Waals surface area contributed by atoms with E-state index in [0.29, 0.717) is 10.1 Å². The van der Waals surface area contributed by atoms with Gasteiger partial charge in [0.25, 0.3) is 0 Å². The first kappa shape index (κ1) is 18.6. The highest BCUT2D eigenvalue weighted by Crippen LogP contribution is 2.45. The monoisotopic (exact) mass is 385 g/mol. The van der Waals surface area contributed by atoms with Crippen molar-refractivity contribution in [2.45, 2.75) is 4.58 Å². The van der Waals surface area contributed by atoms with Crippen LogP contribution in [0.4, 0.5) is 5.69 Å². The second kappa shape index (κ2) is 8.96. The quantitative estimate of drug-likeness (QED) is 0.602. The number of nitrogens with one attached hydrogen (secondary N) is 1. The molecular weight excluding hydrogens is 366 g/mol. The first-order chi connectivity index (χ1) is 12.7. The summed E-state index contributed by atoms with van der Waals surface area (Å²) in [5.41, 5.74) is 3.35. The largest absolute Gasteiger partial charge is 0.465 e. The van der Waals surface area contributed by atoms with Gasteiger partial charge in [0.2, 0.25) is 5.91 Å². The van der Waals surface area contributed by atoms with E-state index in [4.69, 9.17) is 0 Å². The Labute approximate surface area is 161 Å². The van der Waals surface area contributed by atoms with Crippen LogP contribution in [0.1, 0.15) is 26.1 Å². The molecule has 0 bridgehead atoms. The fraction of sp³-hybridized carbons (Fsp3) is 0.200. The van der Waals surface area contributed by atoms with Crippen molar-refractivity contribution >= 4 is 47.2 Å². The maximum absolute atomic E-state index is 12.2. The topological polar surface area (TPSA) is 55.4 Å². The van der Waals surface area contributed by atoms with E-state index < -0.39 is 0 Å². The number of benzene rings is 2. The molecule has 0 atom stereocenters. The lowest BCUT2D eigenvalue weighted by Gasteiger charge is -2.10. The zero-order valence-electron chi connectivity index (χ0n) is 14.3. The van der Waals surface area contributed by atoms with Gasteiger partial charge in [-0.3, -0.25) is 4.79 Å². The average molecular weight is 386 g/mol. The van der Waals surface area contributed by atoms with Gasteiger partial charge in [-0.05, 0) is 41.5 Å². The molecule has 1 amide bonds. The lowest BCUT2D eigenvalue weighted by atomic mass is 10.1. The summed E-state index contributed by atoms with van der Waals surface area (Å²) in [7, 11) is 1.35. The Hall–Kier alpha value is -2.18. The van der Waals surface area contributed by atoms with Crippen molar-refractivity contribution < 1.29 is 14.3 Å². The SMILES string of the molecule is COC(=O)c1ccc(/C=C/C(=O)Nc2cccc(C3SCCS3)c2)cc1. The maximum Gasteiger partial charge on any atom is 0.337 e. The van der Waals surface area contributed by atoms with Crippen LogP contribution in [-0.4, -0.2) is 30.5 Å². The zero-order valence-corrected chi connectivity index (χ0v) is 15.9. The molecule has 0 spiro atoms. The summed E-state index contributed by atoms with van der Waals surface area (Å²) in [6.07, 6.45) is 3.20. The van der Waals surface area contributed by atoms with Crippen LogP contribution >= 0.6 is 23.5 Å². The number of carbonyl (C=O) groups is 2. The third kappa shape index (κ3) is 4.93. The summed E-state index contributed by atoms with van der Waals surface area (Å²) < 4.78 is 5.12. The van der Waals surface area contributed by atoms with E-state index in [-0.39, 0.29) is 11.9 Å². The fourth-order valence-corrected chi connectivity index (χ4v) is 5.36. The van der Waals surface area contributed by atoms with Gasteiger partial charge in [-0.2, -0.15) is 0 Å². The standard InChI is InChI=1S/C20H19NO3S2/c1-24-19(23)15-8-5-14(6-9-15)7-10-18(22)21-17-4-2-3-16(13-17)20-25-11-12-26-20/h2-10,13,20H,11-12H2,1H3,(H,21,22)/b10-7+. The van der Waals surface area contributed by atoms with Crippen molar-refractivity contribution in [1.29, 1.82) is 0 Å². The predicted octanol–water partition coefficient (Wildman–Crippen LogP) is 4.60. The molecule has 134 valence electrons. The number of methoxy groups -OCH3 is 1. The molecule has 4 nitrogen and oxygen atoms in total. The number of amides is 1. The van der Waals surface area contributed by atoms with Gasteiger partial charge in [0.05, 0.1) is 17.3 Å². The van der Waals surface area contributed by atoms with E-state index in [1.54, 1.807) is 30.3 Å². The highest BCUT2D eigenvalue weighted by molar-refractivity contribution is 8.19. The smallest absolute Gasteiger partial charge is 0.337 e. The van der Waals surface area contributed by atoms with Crippen LogP contribution in [0.2, 0.25) is 0 Å². The van der Waals surface area contributed by atoms with Crippen LogP contribution in [-0.2, 0) is 9.53 Å². The van der Waals surface area contributed by atoms with Gasteiger partial charge < -0.3 is 10.1 Å². The van der Waals surface area contributed by atoms with Gasteiger partial charge in [-0.25, -0.2) is 4.79 Å². The van der Waals surface area contributed by atoms with Crippen LogP contribution in [0.15, 0.2) is 54.6 Å². The van der Waals surface area contributed by atoms with Crippen molar-refractivity contribution in [3.63, 3.8) is 0 Å². The minimum absolute atomic E-state index is 0.189. The van der Waals surface area contributed by atoms with Crippen LogP contribution < -0.4 is 5.32 Å². The Balaban J connectivity index is 1.60. The molecule has 0 saturated carbocycles. The van der Waals surface area contributed by atoms with E-state index in [0.717, 1.165) is 11.3 Å². The fourth-order valence-electron chi connectivity index (χ4n) is 2.52. The molecular formula is C20H19NO3S2. The van der Waals surface area contributed by atoms with Gasteiger partial charge in [-0.15, -0.1) is 23.5 Å². The van der Waals surface area contributed by atoms with Gasteiger partial charge >= 0.3 is 5.97 Å². The Morgan fingerprint density at radius 1 is 1.12 bits per heavy atom. The number of esters is 1. The molecule has 1 heterocycles. The number of thioether (sulfide) groups is 2. The normalized spacial score (nSPS) is 14.5. The van der Waals surface area contributed by atoms with Crippen molar-refractivity contribution in [3.8, 4) is 0 Å². The summed E-state index contributed by atoms with van der Waals surface area (Å²) in [5, 5.41) is 2.90. The Morgan fingerprint density at radius 2 is 1.85 bits per heavy atom. The van der Waals surface area contributed by atoms with Crippen LogP contribution in [0.25, 0.3) is 6.08 Å². The van der Waals surface area contributed by atoms with Crippen molar-refractivity contribution in [2.24, 2.45) is 0 Å². The number of carbonyl (C=O) groups excluding carboxylic acids is 2. The van der Waals surface area contributed by atoms with Crippen molar-refractivity contribution in [1.82, 2.24) is 0 Å². The molecule has 1 fully saturated rings. The summed E-state index contributed by atoms with van der Waals surface area (Å²) in [6, 6.07) is 14.9. The molecule has 0 aliphatic carbocycles. The first-order valence-corrected chi connectivity index (χ1v) is 10.3. The minimum atomic E-state index is -0.378. The van der Waals surface area contributed by atoms with Gasteiger partial charge in [-0.1, -0.05) is 24.3 Å². The molecule has 1 saturated heterocycles. The van der Waals surface area contributed by atoms with E-state index >= 15 is 0 Å². The van der Waals surface area contributed by atoms with E-state index in [9.17, 15) is 9.59 Å². The van der Waals surface area contributed by atoms with Gasteiger partial charge in [0, 0.05) is 23.3 Å². The number of ether oxygens (including phenoxy) is 1. The minimum Gasteiger partial charge on any atom is -0.465 e. The third-order valence-corrected chi connectivity index (χ3v) is 6.91. The van der Waals surface area contributed by atoms with Gasteiger partial charge in [0.15, 0.2) is 0 Å². The highest BCUT2D eigenvalue weighted by atomic mass is 32.2. The molecule has 2 aromatic rings. The Kier molecular flexibility index (Phi) is 6.41. The number of hydrogen-bond donors (Lipinski definition) is 1. The van der Waals surface area contributed by atoms with E-state index in [1.807, 2.05) is 41.7 Å². The number of hydrogen-bond acceptors (Lipinski definition) is 5. The summed E-state index contributed by atoms with van der Waals surface area (Å²) in [5.74, 6) is 1.77. The van der Waals surface area contributed by atoms with Gasteiger partial charge in [0.1, 0.15) is 0 Å².